The van der Waals surface area contributed by atoms with Crippen LogP contribution in [0.25, 0.3) is 0 Å². The number of carbonyl (C=O) groups excluding carboxylic acids is 2. The first-order valence-electron chi connectivity index (χ1n) is 11.0. The summed E-state index contributed by atoms with van der Waals surface area (Å²) in [6.45, 7) is 9.24. The zero-order chi connectivity index (χ0) is 22.8. The Bertz CT molecular complexity index is 643. The van der Waals surface area contributed by atoms with Gasteiger partial charge in [-0.05, 0) is 64.7 Å². The van der Waals surface area contributed by atoms with Crippen molar-refractivity contribution in [2.75, 3.05) is 20.1 Å². The fourth-order valence-electron chi connectivity index (χ4n) is 5.03. The lowest BCUT2D eigenvalue weighted by Crippen LogP contribution is -2.60. The van der Waals surface area contributed by atoms with E-state index in [2.05, 4.69) is 0 Å². The van der Waals surface area contributed by atoms with Crippen molar-refractivity contribution in [3.05, 3.63) is 0 Å². The Morgan fingerprint density at radius 3 is 2.07 bits per heavy atom. The second-order valence-electron chi connectivity index (χ2n) is 10.00. The third kappa shape index (κ3) is 5.43. The lowest BCUT2D eigenvalue weighted by atomic mass is 9.74. The predicted octanol–water partition coefficient (Wildman–Crippen LogP) is 3.38. The molecule has 2 rings (SSSR count). The number of likely N-dealkylation sites (tertiary alicyclic amines) is 1. The van der Waals surface area contributed by atoms with Crippen molar-refractivity contribution in [2.45, 2.75) is 90.5 Å². The van der Waals surface area contributed by atoms with Gasteiger partial charge in [0.25, 0.3) is 0 Å². The van der Waals surface area contributed by atoms with E-state index in [0.29, 0.717) is 13.0 Å². The van der Waals surface area contributed by atoms with Gasteiger partial charge in [0.05, 0.1) is 6.54 Å². The van der Waals surface area contributed by atoms with Gasteiger partial charge in [-0.15, -0.1) is 0 Å². The van der Waals surface area contributed by atoms with Crippen LogP contribution < -0.4 is 0 Å². The normalized spacial score (nSPS) is 26.8. The highest BCUT2D eigenvalue weighted by Gasteiger charge is 2.46. The summed E-state index contributed by atoms with van der Waals surface area (Å²) in [6, 6.07) is -0.663. The average Bonchev–Trinajstić information content (AvgIpc) is 3.09. The molecular weight excluding hydrogens is 389 g/mol. The summed E-state index contributed by atoms with van der Waals surface area (Å²) < 4.78 is 13.8. The minimum atomic E-state index is -1.13. The predicted molar refractivity (Wildman–Crippen MR) is 113 cm³/mol. The highest BCUT2D eigenvalue weighted by atomic mass is 19.1. The van der Waals surface area contributed by atoms with Crippen LogP contribution in [-0.2, 0) is 9.59 Å². The van der Waals surface area contributed by atoms with Gasteiger partial charge >= 0.3 is 6.09 Å². The van der Waals surface area contributed by atoms with Crippen molar-refractivity contribution in [1.29, 1.82) is 0 Å². The molecule has 1 saturated heterocycles. The molecule has 30 heavy (non-hydrogen) atoms. The lowest BCUT2D eigenvalue weighted by Gasteiger charge is -2.46. The standard InChI is InChI=1S/C22H38FN3O4/c1-14(16-7-9-18(10-8-16)24(6)15(2)27)19(26(21(29)30)22(3,4)5)20(28)25-12-11-17(23)13-25/h14,16-19H,7-13H2,1-6H3,(H,29,30)/t14-,16?,17+,18?,19+/m1/s1. The minimum Gasteiger partial charge on any atom is -0.465 e. The van der Waals surface area contributed by atoms with Gasteiger partial charge in [0.1, 0.15) is 12.2 Å². The average molecular weight is 428 g/mol. The summed E-state index contributed by atoms with van der Waals surface area (Å²) in [7, 11) is 1.82. The quantitative estimate of drug-likeness (QED) is 0.729. The van der Waals surface area contributed by atoms with Gasteiger partial charge in [-0.25, -0.2) is 9.18 Å². The molecule has 8 heteroatoms. The van der Waals surface area contributed by atoms with E-state index >= 15 is 0 Å². The summed E-state index contributed by atoms with van der Waals surface area (Å²) in [4.78, 5) is 41.8. The van der Waals surface area contributed by atoms with Crippen molar-refractivity contribution in [3.8, 4) is 0 Å². The molecule has 7 nitrogen and oxygen atoms in total. The first-order valence-corrected chi connectivity index (χ1v) is 11.0. The Hall–Kier alpha value is -1.86. The van der Waals surface area contributed by atoms with E-state index in [1.54, 1.807) is 32.6 Å². The molecular formula is C22H38FN3O4. The van der Waals surface area contributed by atoms with Crippen molar-refractivity contribution in [3.63, 3.8) is 0 Å². The van der Waals surface area contributed by atoms with E-state index in [-0.39, 0.29) is 36.2 Å². The molecule has 2 fully saturated rings. The van der Waals surface area contributed by atoms with Gasteiger partial charge in [-0.1, -0.05) is 6.92 Å². The number of carbonyl (C=O) groups is 3. The van der Waals surface area contributed by atoms with E-state index in [9.17, 15) is 23.9 Å². The van der Waals surface area contributed by atoms with Crippen LogP contribution in [0.2, 0.25) is 0 Å². The zero-order valence-corrected chi connectivity index (χ0v) is 19.2. The topological polar surface area (TPSA) is 81.2 Å². The molecule has 0 aromatic heterocycles. The molecule has 0 unspecified atom stereocenters. The summed E-state index contributed by atoms with van der Waals surface area (Å²) in [5, 5.41) is 9.98. The number of rotatable bonds is 5. The number of nitrogens with zero attached hydrogens (tertiary/aromatic N) is 3. The van der Waals surface area contributed by atoms with E-state index in [4.69, 9.17) is 0 Å². The molecule has 1 aliphatic heterocycles. The zero-order valence-electron chi connectivity index (χ0n) is 19.2. The van der Waals surface area contributed by atoms with Gasteiger partial charge in [0.15, 0.2) is 0 Å². The van der Waals surface area contributed by atoms with Gasteiger partial charge in [-0.3, -0.25) is 14.5 Å². The molecule has 1 heterocycles. The highest BCUT2D eigenvalue weighted by Crippen LogP contribution is 2.37. The van der Waals surface area contributed by atoms with Gasteiger partial charge in [-0.2, -0.15) is 0 Å². The third-order valence-corrected chi connectivity index (χ3v) is 6.93. The summed E-state index contributed by atoms with van der Waals surface area (Å²) in [6.07, 6.45) is 1.46. The number of halogens is 1. The van der Waals surface area contributed by atoms with Gasteiger partial charge in [0, 0.05) is 32.1 Å². The smallest absolute Gasteiger partial charge is 0.408 e. The number of hydrogen-bond donors (Lipinski definition) is 1. The maximum absolute atomic E-state index is 13.8. The van der Waals surface area contributed by atoms with Crippen LogP contribution in [0.4, 0.5) is 9.18 Å². The second kappa shape index (κ2) is 9.52. The SMILES string of the molecule is CC(=O)N(C)C1CCC([C@@H](C)[C@@H](C(=O)N2CC[C@H](F)C2)N(C(=O)O)C(C)(C)C)CC1. The Labute approximate surface area is 179 Å². The first kappa shape index (κ1) is 24.4. The van der Waals surface area contributed by atoms with E-state index in [1.165, 1.54) is 9.80 Å². The molecule has 0 aromatic carbocycles. The van der Waals surface area contributed by atoms with Crippen molar-refractivity contribution in [1.82, 2.24) is 14.7 Å². The fourth-order valence-corrected chi connectivity index (χ4v) is 5.03. The third-order valence-electron chi connectivity index (χ3n) is 6.93. The Balaban J connectivity index is 2.24. The van der Waals surface area contributed by atoms with Crippen LogP contribution in [0.15, 0.2) is 0 Å². The van der Waals surface area contributed by atoms with Crippen LogP contribution in [0.3, 0.4) is 0 Å². The van der Waals surface area contributed by atoms with Crippen LogP contribution in [-0.4, -0.2) is 81.6 Å². The second-order valence-corrected chi connectivity index (χ2v) is 10.00. The first-order chi connectivity index (χ1) is 13.8. The monoisotopic (exact) mass is 427 g/mol. The van der Waals surface area contributed by atoms with Crippen LogP contribution in [0.5, 0.6) is 0 Å². The maximum Gasteiger partial charge on any atom is 0.408 e. The number of carboxylic acid groups (broad SMARTS) is 1. The Morgan fingerprint density at radius 1 is 1.10 bits per heavy atom. The Morgan fingerprint density at radius 2 is 1.67 bits per heavy atom. The molecule has 3 amide bonds. The summed E-state index contributed by atoms with van der Waals surface area (Å²) >= 11 is 0. The fraction of sp³-hybridized carbons (Fsp3) is 0.864. The van der Waals surface area contributed by atoms with Crippen molar-refractivity contribution in [2.24, 2.45) is 11.8 Å². The van der Waals surface area contributed by atoms with Crippen molar-refractivity contribution >= 4 is 17.9 Å². The van der Waals surface area contributed by atoms with E-state index in [1.807, 2.05) is 14.0 Å². The largest absolute Gasteiger partial charge is 0.465 e. The highest BCUT2D eigenvalue weighted by molar-refractivity contribution is 5.86. The molecule has 1 N–H and O–H groups in total. The number of alkyl halides is 1. The molecule has 2 aliphatic rings. The van der Waals surface area contributed by atoms with Crippen molar-refractivity contribution < 1.29 is 23.9 Å². The van der Waals surface area contributed by atoms with E-state index in [0.717, 1.165) is 25.7 Å². The maximum atomic E-state index is 13.8. The molecule has 1 saturated carbocycles. The molecule has 0 aromatic rings. The van der Waals surface area contributed by atoms with Crippen LogP contribution >= 0.6 is 0 Å². The lowest BCUT2D eigenvalue weighted by molar-refractivity contribution is -0.140. The van der Waals surface area contributed by atoms with E-state index < -0.39 is 23.8 Å². The minimum absolute atomic E-state index is 0.0375. The van der Waals surface area contributed by atoms with Crippen LogP contribution in [0.1, 0.15) is 66.7 Å². The molecule has 1 aliphatic carbocycles. The van der Waals surface area contributed by atoms with Crippen LogP contribution in [0, 0.1) is 11.8 Å². The molecule has 0 radical (unpaired) electrons. The number of amides is 3. The summed E-state index contributed by atoms with van der Waals surface area (Å²) in [5.74, 6) is -0.277. The Kier molecular flexibility index (Phi) is 7.74. The van der Waals surface area contributed by atoms with Gasteiger partial charge < -0.3 is 14.9 Å². The molecule has 0 bridgehead atoms. The molecule has 3 atom stereocenters. The number of hydrogen-bond acceptors (Lipinski definition) is 3. The molecule has 0 spiro atoms. The molecule has 172 valence electrons. The van der Waals surface area contributed by atoms with Gasteiger partial charge in [0.2, 0.25) is 11.8 Å². The summed E-state index contributed by atoms with van der Waals surface area (Å²) in [5.41, 5.74) is -0.763.